The Morgan fingerprint density at radius 3 is 2.41 bits per heavy atom. The summed E-state index contributed by atoms with van der Waals surface area (Å²) in [6, 6.07) is 12.3. The Morgan fingerprint density at radius 2 is 1.72 bits per heavy atom. The molecule has 32 heavy (non-hydrogen) atoms. The summed E-state index contributed by atoms with van der Waals surface area (Å²) in [5.74, 6) is -0.360. The molecule has 0 saturated carbocycles. The average Bonchev–Trinajstić information content (AvgIpc) is 2.79. The summed E-state index contributed by atoms with van der Waals surface area (Å²) >= 11 is 12.6. The topological polar surface area (TPSA) is 76.2 Å². The van der Waals surface area contributed by atoms with Gasteiger partial charge in [0.25, 0.3) is 5.91 Å². The van der Waals surface area contributed by atoms with E-state index in [-0.39, 0.29) is 51.7 Å². The quantitative estimate of drug-likeness (QED) is 0.643. The molecule has 2 aromatic carbocycles. The monoisotopic (exact) mass is 498 g/mol. The third-order valence-corrected chi connectivity index (χ3v) is 8.23. The van der Waals surface area contributed by atoms with E-state index in [9.17, 15) is 13.2 Å². The number of carbonyl (C=O) groups excluding carboxylic acids is 1. The zero-order valence-electron chi connectivity index (χ0n) is 17.5. The van der Waals surface area contributed by atoms with Crippen LogP contribution in [0.3, 0.4) is 0 Å². The van der Waals surface area contributed by atoms with Gasteiger partial charge in [-0.2, -0.15) is 4.31 Å². The number of carbonyl (C=O) groups is 1. The Bertz CT molecular complexity index is 1090. The number of amides is 1. The molecule has 0 aliphatic carbocycles. The predicted octanol–water partition coefficient (Wildman–Crippen LogP) is 3.62. The van der Waals surface area contributed by atoms with E-state index < -0.39 is 10.0 Å². The first-order chi connectivity index (χ1) is 15.3. The molecule has 1 amide bonds. The summed E-state index contributed by atoms with van der Waals surface area (Å²) in [4.78, 5) is 14.9. The summed E-state index contributed by atoms with van der Waals surface area (Å²) in [7, 11) is -3.89. The lowest BCUT2D eigenvalue weighted by Gasteiger charge is -2.37. The number of hydrogen-bond donors (Lipinski definition) is 0. The largest absolute Gasteiger partial charge is 0.379 e. The number of rotatable bonds is 4. The van der Waals surface area contributed by atoms with Crippen molar-refractivity contribution in [3.63, 3.8) is 0 Å². The van der Waals surface area contributed by atoms with Crippen LogP contribution in [-0.4, -0.2) is 69.0 Å². The zero-order chi connectivity index (χ0) is 22.9. The maximum Gasteiger partial charge on any atom is 0.255 e. The summed E-state index contributed by atoms with van der Waals surface area (Å²) in [6.07, 6.45) is -0.480. The lowest BCUT2D eigenvalue weighted by molar-refractivity contribution is -0.0691. The van der Waals surface area contributed by atoms with E-state index in [1.54, 1.807) is 4.90 Å². The zero-order valence-corrected chi connectivity index (χ0v) is 19.9. The van der Waals surface area contributed by atoms with Crippen LogP contribution in [0.15, 0.2) is 47.4 Å². The van der Waals surface area contributed by atoms with Gasteiger partial charge in [0.05, 0.1) is 41.5 Å². The van der Waals surface area contributed by atoms with Crippen LogP contribution >= 0.6 is 23.2 Å². The second-order valence-electron chi connectivity index (χ2n) is 7.84. The highest BCUT2D eigenvalue weighted by Gasteiger charge is 2.33. The summed E-state index contributed by atoms with van der Waals surface area (Å²) < 4.78 is 38.9. The average molecular weight is 499 g/mol. The van der Waals surface area contributed by atoms with Gasteiger partial charge in [-0.15, -0.1) is 0 Å². The van der Waals surface area contributed by atoms with E-state index >= 15 is 0 Å². The molecule has 172 valence electrons. The number of halogens is 2. The molecule has 0 aromatic heterocycles. The number of benzene rings is 2. The standard InChI is InChI=1S/C22H24Cl2N2O5S/c1-15-13-25(14-20(31-15)16-5-3-2-4-6-16)22(27)17-11-21(19(24)12-18(17)23)32(28,29)26-7-9-30-10-8-26/h2-6,11-12,15,20H,7-10,13-14H2,1H3. The third-order valence-electron chi connectivity index (χ3n) is 5.56. The fourth-order valence-corrected chi connectivity index (χ4v) is 6.19. The van der Waals surface area contributed by atoms with Gasteiger partial charge in [-0.3, -0.25) is 4.79 Å². The van der Waals surface area contributed by atoms with E-state index in [0.717, 1.165) is 5.56 Å². The molecule has 2 aromatic rings. The molecule has 0 radical (unpaired) electrons. The Hall–Kier alpha value is -1.68. The van der Waals surface area contributed by atoms with Crippen molar-refractivity contribution >= 4 is 39.1 Å². The smallest absolute Gasteiger partial charge is 0.255 e. The molecule has 2 saturated heterocycles. The molecule has 2 heterocycles. The lowest BCUT2D eigenvalue weighted by Crippen LogP contribution is -2.46. The van der Waals surface area contributed by atoms with Crippen LogP contribution in [0, 0.1) is 0 Å². The van der Waals surface area contributed by atoms with Crippen molar-refractivity contribution in [1.29, 1.82) is 0 Å². The molecular weight excluding hydrogens is 475 g/mol. The summed E-state index contributed by atoms with van der Waals surface area (Å²) in [5, 5.41) is 0.0897. The summed E-state index contributed by atoms with van der Waals surface area (Å²) in [5.41, 5.74) is 1.07. The molecule has 2 aliphatic heterocycles. The SMILES string of the molecule is CC1CN(C(=O)c2cc(S(=O)(=O)N3CCOCC3)c(Cl)cc2Cl)CC(c2ccccc2)O1. The van der Waals surface area contributed by atoms with Gasteiger partial charge in [-0.05, 0) is 24.6 Å². The second-order valence-corrected chi connectivity index (χ2v) is 10.6. The molecule has 2 unspecified atom stereocenters. The van der Waals surface area contributed by atoms with Crippen LogP contribution in [0.5, 0.6) is 0 Å². The third kappa shape index (κ3) is 4.81. The molecule has 0 N–H and O–H groups in total. The Labute approximate surface area is 197 Å². The van der Waals surface area contributed by atoms with E-state index in [1.807, 2.05) is 37.3 Å². The number of sulfonamides is 1. The van der Waals surface area contributed by atoms with Gasteiger partial charge in [-0.1, -0.05) is 53.5 Å². The van der Waals surface area contributed by atoms with Crippen LogP contribution in [0.4, 0.5) is 0 Å². The minimum Gasteiger partial charge on any atom is -0.379 e. The fraction of sp³-hybridized carbons (Fsp3) is 0.409. The minimum atomic E-state index is -3.89. The molecular formula is C22H24Cl2N2O5S. The van der Waals surface area contributed by atoms with Crippen LogP contribution in [0.25, 0.3) is 0 Å². The van der Waals surface area contributed by atoms with Crippen molar-refractivity contribution < 1.29 is 22.7 Å². The first-order valence-electron chi connectivity index (χ1n) is 10.3. The molecule has 2 atom stereocenters. The van der Waals surface area contributed by atoms with Gasteiger partial charge in [0, 0.05) is 19.6 Å². The normalized spacial score (nSPS) is 22.7. The predicted molar refractivity (Wildman–Crippen MR) is 122 cm³/mol. The van der Waals surface area contributed by atoms with E-state index in [4.69, 9.17) is 32.7 Å². The van der Waals surface area contributed by atoms with Crippen LogP contribution in [0.1, 0.15) is 28.9 Å². The van der Waals surface area contributed by atoms with Crippen molar-refractivity contribution in [2.75, 3.05) is 39.4 Å². The van der Waals surface area contributed by atoms with E-state index in [0.29, 0.717) is 26.3 Å². The van der Waals surface area contributed by atoms with Crippen molar-refractivity contribution in [2.24, 2.45) is 0 Å². The maximum atomic E-state index is 13.4. The lowest BCUT2D eigenvalue weighted by atomic mass is 10.1. The van der Waals surface area contributed by atoms with Crippen molar-refractivity contribution in [2.45, 2.75) is 24.0 Å². The van der Waals surface area contributed by atoms with Gasteiger partial charge >= 0.3 is 0 Å². The number of ether oxygens (including phenoxy) is 2. The molecule has 10 heteroatoms. The Kier molecular flexibility index (Phi) is 7.09. The van der Waals surface area contributed by atoms with Gasteiger partial charge in [-0.25, -0.2) is 8.42 Å². The van der Waals surface area contributed by atoms with Crippen LogP contribution in [0.2, 0.25) is 10.0 Å². The maximum absolute atomic E-state index is 13.4. The van der Waals surface area contributed by atoms with E-state index in [1.165, 1.54) is 16.4 Å². The second kappa shape index (κ2) is 9.67. The van der Waals surface area contributed by atoms with Crippen LogP contribution in [-0.2, 0) is 19.5 Å². The van der Waals surface area contributed by atoms with Crippen LogP contribution < -0.4 is 0 Å². The fourth-order valence-electron chi connectivity index (χ4n) is 3.96. The van der Waals surface area contributed by atoms with Gasteiger partial charge in [0.2, 0.25) is 10.0 Å². The number of nitrogens with zero attached hydrogens (tertiary/aromatic N) is 2. The number of morpholine rings is 2. The molecule has 2 fully saturated rings. The van der Waals surface area contributed by atoms with Gasteiger partial charge in [0.15, 0.2) is 0 Å². The molecule has 4 rings (SSSR count). The highest BCUT2D eigenvalue weighted by atomic mass is 35.5. The Balaban J connectivity index is 1.64. The highest BCUT2D eigenvalue weighted by molar-refractivity contribution is 7.89. The van der Waals surface area contributed by atoms with Crippen molar-refractivity contribution in [3.05, 3.63) is 63.6 Å². The van der Waals surface area contributed by atoms with Gasteiger partial charge < -0.3 is 14.4 Å². The van der Waals surface area contributed by atoms with E-state index in [2.05, 4.69) is 0 Å². The summed E-state index contributed by atoms with van der Waals surface area (Å²) in [6.45, 7) is 3.66. The van der Waals surface area contributed by atoms with Crippen molar-refractivity contribution in [1.82, 2.24) is 9.21 Å². The molecule has 7 nitrogen and oxygen atoms in total. The molecule has 0 bridgehead atoms. The van der Waals surface area contributed by atoms with Gasteiger partial charge in [0.1, 0.15) is 11.0 Å². The highest BCUT2D eigenvalue weighted by Crippen LogP contribution is 2.33. The minimum absolute atomic E-state index is 0.0180. The van der Waals surface area contributed by atoms with Crippen molar-refractivity contribution in [3.8, 4) is 0 Å². The Morgan fingerprint density at radius 1 is 1.03 bits per heavy atom. The first kappa shape index (κ1) is 23.5. The molecule has 2 aliphatic rings. The molecule has 0 spiro atoms. The first-order valence-corrected chi connectivity index (χ1v) is 12.5. The number of hydrogen-bond acceptors (Lipinski definition) is 5.